The number of alkyl halides is 1. The van der Waals surface area contributed by atoms with Gasteiger partial charge in [0.15, 0.2) is 6.80 Å². The molecule has 1 aromatic carbocycles. The van der Waals surface area contributed by atoms with Gasteiger partial charge in [-0.15, -0.1) is 0 Å². The van der Waals surface area contributed by atoms with Gasteiger partial charge in [-0.3, -0.25) is 19.8 Å². The van der Waals surface area contributed by atoms with Gasteiger partial charge in [-0.25, -0.2) is 4.39 Å². The maximum absolute atomic E-state index is 13.9. The van der Waals surface area contributed by atoms with Gasteiger partial charge < -0.3 is 14.8 Å². The second-order valence-electron chi connectivity index (χ2n) is 9.31. The molecule has 2 amide bonds. The lowest BCUT2D eigenvalue weighted by Crippen LogP contribution is -2.63. The van der Waals surface area contributed by atoms with Crippen molar-refractivity contribution in [1.29, 1.82) is 0 Å². The van der Waals surface area contributed by atoms with Crippen LogP contribution in [0.15, 0.2) is 24.3 Å². The molecule has 168 valence electrons. The van der Waals surface area contributed by atoms with Gasteiger partial charge in [-0.2, -0.15) is 0 Å². The van der Waals surface area contributed by atoms with Crippen molar-refractivity contribution in [3.8, 4) is 0 Å². The number of benzene rings is 1. The van der Waals surface area contributed by atoms with Crippen LogP contribution in [0, 0.1) is 0 Å². The molecule has 0 bridgehead atoms. The van der Waals surface area contributed by atoms with Gasteiger partial charge in [0.05, 0.1) is 42.5 Å². The molecule has 0 aromatic heterocycles. The molecule has 0 radical (unpaired) electrons. The number of methoxy groups -OCH3 is 1. The van der Waals surface area contributed by atoms with E-state index in [1.165, 1.54) is 4.90 Å². The Morgan fingerprint density at radius 3 is 2.81 bits per heavy atom. The van der Waals surface area contributed by atoms with Gasteiger partial charge in [-0.05, 0) is 50.2 Å². The van der Waals surface area contributed by atoms with Crippen molar-refractivity contribution in [2.45, 2.75) is 67.7 Å². The molecule has 8 heteroatoms. The Hall–Kier alpha value is -2.03. The summed E-state index contributed by atoms with van der Waals surface area (Å²) in [4.78, 5) is 28.0. The van der Waals surface area contributed by atoms with Crippen LogP contribution >= 0.6 is 0 Å². The third-order valence-corrected chi connectivity index (χ3v) is 7.75. The van der Waals surface area contributed by atoms with Crippen molar-refractivity contribution in [2.24, 2.45) is 0 Å². The predicted molar refractivity (Wildman–Crippen MR) is 112 cm³/mol. The second kappa shape index (κ2) is 7.83. The lowest BCUT2D eigenvalue weighted by atomic mass is 9.57. The Bertz CT molecular complexity index is 868. The topological polar surface area (TPSA) is 79.9 Å². The number of rotatable bonds is 5. The molecule has 3 heterocycles. The normalized spacial score (nSPS) is 33.5. The summed E-state index contributed by atoms with van der Waals surface area (Å²) in [5.41, 5.74) is 0.110. The van der Waals surface area contributed by atoms with Crippen LogP contribution in [-0.4, -0.2) is 62.7 Å². The number of nitrogens with zero attached hydrogens (tertiary/aromatic N) is 1. The molecule has 1 aromatic rings. The summed E-state index contributed by atoms with van der Waals surface area (Å²) in [6.45, 7) is 0.162. The fraction of sp³-hybridized carbons (Fsp3) is 0.652. The lowest BCUT2D eigenvalue weighted by molar-refractivity contribution is -0.127. The van der Waals surface area contributed by atoms with Gasteiger partial charge in [0.25, 0.3) is 0 Å². The number of carbonyl (C=O) groups excluding carboxylic acids is 2. The van der Waals surface area contributed by atoms with Crippen molar-refractivity contribution in [3.63, 3.8) is 0 Å². The summed E-state index contributed by atoms with van der Waals surface area (Å²) in [5, 5.41) is 6.64. The third-order valence-electron chi connectivity index (χ3n) is 7.75. The minimum Gasteiger partial charge on any atom is -0.382 e. The Kier molecular flexibility index (Phi) is 5.27. The number of para-hydroxylation sites is 1. The van der Waals surface area contributed by atoms with E-state index in [2.05, 4.69) is 10.6 Å². The first-order chi connectivity index (χ1) is 15.0. The van der Waals surface area contributed by atoms with Gasteiger partial charge in [0.1, 0.15) is 0 Å². The number of anilines is 1. The highest BCUT2D eigenvalue weighted by Gasteiger charge is 2.70. The van der Waals surface area contributed by atoms with Crippen LogP contribution in [0.1, 0.15) is 44.1 Å². The molecule has 3 fully saturated rings. The molecule has 1 saturated carbocycles. The van der Waals surface area contributed by atoms with E-state index in [1.54, 1.807) is 13.2 Å². The summed E-state index contributed by atoms with van der Waals surface area (Å²) < 4.78 is 24.8. The second-order valence-corrected chi connectivity index (χ2v) is 9.31. The van der Waals surface area contributed by atoms with E-state index in [-0.39, 0.29) is 24.0 Å². The van der Waals surface area contributed by atoms with Crippen molar-refractivity contribution in [1.82, 2.24) is 10.6 Å². The monoisotopic (exact) mass is 431 g/mol. The Morgan fingerprint density at radius 2 is 2.16 bits per heavy atom. The van der Waals surface area contributed by atoms with Crippen molar-refractivity contribution in [2.75, 3.05) is 32.0 Å². The Balaban J connectivity index is 1.36. The molecule has 2 N–H and O–H groups in total. The number of ether oxygens (including phenoxy) is 2. The highest BCUT2D eigenvalue weighted by atomic mass is 19.1. The van der Waals surface area contributed by atoms with Crippen LogP contribution < -0.4 is 15.5 Å². The molecule has 2 spiro atoms. The summed E-state index contributed by atoms with van der Waals surface area (Å²) >= 11 is 0. The first-order valence-corrected chi connectivity index (χ1v) is 11.2. The summed E-state index contributed by atoms with van der Waals surface area (Å²) in [6.07, 6.45) is 4.70. The molecular formula is C23H30FN3O4. The maximum atomic E-state index is 13.9. The largest absolute Gasteiger partial charge is 0.382 e. The zero-order valence-electron chi connectivity index (χ0n) is 17.9. The molecule has 31 heavy (non-hydrogen) atoms. The molecule has 4 aliphatic rings. The standard InChI is InChI=1S/C23H30FN3O4/c1-30-13-16-8-7-15(12-31-16)25-20(28)18-11-23(22(26-18)9-4-10-22)17-5-2-3-6-19(17)27(14-24)21(23)29/h2-3,5-6,15-16,18,26H,4,7-14H2,1H3,(H,25,28)/t15-,16+,18?,23?/m1/s1. The number of fused-ring (bicyclic) bond motifs is 3. The molecule has 2 saturated heterocycles. The molecule has 4 atom stereocenters. The lowest BCUT2D eigenvalue weighted by Gasteiger charge is -2.49. The van der Waals surface area contributed by atoms with Crippen LogP contribution in [0.4, 0.5) is 10.1 Å². The number of amides is 2. The van der Waals surface area contributed by atoms with Crippen molar-refractivity contribution < 1.29 is 23.5 Å². The highest BCUT2D eigenvalue weighted by molar-refractivity contribution is 6.10. The van der Waals surface area contributed by atoms with Crippen LogP contribution in [0.2, 0.25) is 0 Å². The first-order valence-electron chi connectivity index (χ1n) is 11.2. The van der Waals surface area contributed by atoms with E-state index in [4.69, 9.17) is 9.47 Å². The van der Waals surface area contributed by atoms with Gasteiger partial charge in [0, 0.05) is 12.6 Å². The molecule has 7 nitrogen and oxygen atoms in total. The average Bonchev–Trinajstić information content (AvgIpc) is 3.25. The number of nitrogens with one attached hydrogen (secondary N) is 2. The van der Waals surface area contributed by atoms with Gasteiger partial charge in [0.2, 0.25) is 11.8 Å². The summed E-state index contributed by atoms with van der Waals surface area (Å²) in [5.74, 6) is -0.326. The van der Waals surface area contributed by atoms with E-state index in [1.807, 2.05) is 18.2 Å². The van der Waals surface area contributed by atoms with Crippen LogP contribution in [0.3, 0.4) is 0 Å². The number of halogens is 1. The zero-order valence-corrected chi connectivity index (χ0v) is 17.9. The SMILES string of the molecule is COC[C@@H]1CC[C@@H](NC(=O)C2CC3(C(=O)N(CF)c4ccccc43)C3(CCC3)N2)CO1. The molecule has 2 unspecified atom stereocenters. The number of hydrogen-bond donors (Lipinski definition) is 2. The van der Waals surface area contributed by atoms with Crippen LogP contribution in [0.5, 0.6) is 0 Å². The fourth-order valence-corrected chi connectivity index (χ4v) is 6.11. The summed E-state index contributed by atoms with van der Waals surface area (Å²) in [7, 11) is 1.65. The molecule has 5 rings (SSSR count). The van der Waals surface area contributed by atoms with Crippen molar-refractivity contribution >= 4 is 17.5 Å². The van der Waals surface area contributed by atoms with Gasteiger partial charge >= 0.3 is 0 Å². The van der Waals surface area contributed by atoms with Gasteiger partial charge in [-0.1, -0.05) is 18.2 Å². The minimum atomic E-state index is -0.886. The van der Waals surface area contributed by atoms with E-state index in [0.29, 0.717) is 25.3 Å². The van der Waals surface area contributed by atoms with E-state index in [9.17, 15) is 14.0 Å². The average molecular weight is 432 g/mol. The Morgan fingerprint density at radius 1 is 1.35 bits per heavy atom. The van der Waals surface area contributed by atoms with Crippen LogP contribution in [-0.2, 0) is 24.5 Å². The van der Waals surface area contributed by atoms with E-state index >= 15 is 0 Å². The molecule has 1 aliphatic carbocycles. The number of hydrogen-bond acceptors (Lipinski definition) is 5. The molecular weight excluding hydrogens is 401 g/mol. The summed E-state index contributed by atoms with van der Waals surface area (Å²) in [6, 6.07) is 6.91. The maximum Gasteiger partial charge on any atom is 0.241 e. The minimum absolute atomic E-state index is 0.0507. The van der Waals surface area contributed by atoms with E-state index in [0.717, 1.165) is 37.7 Å². The zero-order chi connectivity index (χ0) is 21.6. The smallest absolute Gasteiger partial charge is 0.241 e. The number of carbonyl (C=O) groups is 2. The third kappa shape index (κ3) is 3.02. The van der Waals surface area contributed by atoms with Crippen LogP contribution in [0.25, 0.3) is 0 Å². The highest BCUT2D eigenvalue weighted by Crippen LogP contribution is 2.60. The molecule has 3 aliphatic heterocycles. The first kappa shape index (κ1) is 20.8. The predicted octanol–water partition coefficient (Wildman–Crippen LogP) is 1.79. The van der Waals surface area contributed by atoms with Crippen molar-refractivity contribution in [3.05, 3.63) is 29.8 Å². The Labute approximate surface area is 181 Å². The van der Waals surface area contributed by atoms with E-state index < -0.39 is 23.8 Å². The quantitative estimate of drug-likeness (QED) is 0.695. The fourth-order valence-electron chi connectivity index (χ4n) is 6.11.